The highest BCUT2D eigenvalue weighted by Gasteiger charge is 2.17. The molecule has 0 aromatic heterocycles. The van der Waals surface area contributed by atoms with Gasteiger partial charge in [-0.3, -0.25) is 4.72 Å². The summed E-state index contributed by atoms with van der Waals surface area (Å²) in [5, 5.41) is 0. The number of nitrogens with one attached hydrogen (secondary N) is 1. The Morgan fingerprint density at radius 3 is 2.00 bits per heavy atom. The molecule has 0 atom stereocenters. The van der Waals surface area contributed by atoms with E-state index in [4.69, 9.17) is 9.47 Å². The van der Waals surface area contributed by atoms with Crippen molar-refractivity contribution < 1.29 is 17.9 Å². The van der Waals surface area contributed by atoms with E-state index in [2.05, 4.69) is 4.72 Å². The molecule has 0 aliphatic heterocycles. The van der Waals surface area contributed by atoms with Crippen LogP contribution in [0, 0.1) is 13.8 Å². The van der Waals surface area contributed by atoms with Gasteiger partial charge in [0, 0.05) is 6.07 Å². The summed E-state index contributed by atoms with van der Waals surface area (Å²) in [5.74, 6) is 1.02. The van der Waals surface area contributed by atoms with Crippen molar-refractivity contribution in [1.29, 1.82) is 0 Å². The lowest BCUT2D eigenvalue weighted by atomic mass is 10.2. The molecule has 0 saturated carbocycles. The lowest BCUT2D eigenvalue weighted by Gasteiger charge is -2.14. The van der Waals surface area contributed by atoms with Crippen LogP contribution in [0.15, 0.2) is 41.3 Å². The van der Waals surface area contributed by atoms with Gasteiger partial charge in [0.25, 0.3) is 10.0 Å². The molecule has 22 heavy (non-hydrogen) atoms. The van der Waals surface area contributed by atoms with Gasteiger partial charge in [-0.1, -0.05) is 17.7 Å². The highest BCUT2D eigenvalue weighted by atomic mass is 32.2. The van der Waals surface area contributed by atoms with Crippen molar-refractivity contribution in [3.8, 4) is 11.5 Å². The van der Waals surface area contributed by atoms with Crippen LogP contribution in [-0.4, -0.2) is 22.6 Å². The molecule has 0 unspecified atom stereocenters. The van der Waals surface area contributed by atoms with Crippen molar-refractivity contribution in [1.82, 2.24) is 0 Å². The van der Waals surface area contributed by atoms with Crippen LogP contribution < -0.4 is 14.2 Å². The SMILES string of the molecule is COc1cc(C)c(NS(=O)(=O)c2ccc(C)cc2)cc1OC. The van der Waals surface area contributed by atoms with Gasteiger partial charge in [0.15, 0.2) is 11.5 Å². The number of sulfonamides is 1. The van der Waals surface area contributed by atoms with Crippen LogP contribution in [0.25, 0.3) is 0 Å². The Hall–Kier alpha value is -2.21. The van der Waals surface area contributed by atoms with E-state index in [9.17, 15) is 8.42 Å². The molecule has 0 radical (unpaired) electrons. The number of aryl methyl sites for hydroxylation is 2. The number of ether oxygens (including phenoxy) is 2. The largest absolute Gasteiger partial charge is 0.493 e. The second-order valence-electron chi connectivity index (χ2n) is 4.94. The van der Waals surface area contributed by atoms with Gasteiger partial charge < -0.3 is 9.47 Å². The number of benzene rings is 2. The molecule has 2 rings (SSSR count). The Labute approximate surface area is 130 Å². The van der Waals surface area contributed by atoms with E-state index in [0.29, 0.717) is 17.2 Å². The van der Waals surface area contributed by atoms with Gasteiger partial charge in [0.05, 0.1) is 24.8 Å². The molecule has 2 aromatic rings. The first-order valence-electron chi connectivity index (χ1n) is 6.69. The maximum atomic E-state index is 12.4. The molecule has 0 bridgehead atoms. The van der Waals surface area contributed by atoms with E-state index >= 15 is 0 Å². The van der Waals surface area contributed by atoms with Gasteiger partial charge in [0.2, 0.25) is 0 Å². The van der Waals surface area contributed by atoms with Crippen LogP contribution in [-0.2, 0) is 10.0 Å². The summed E-state index contributed by atoms with van der Waals surface area (Å²) in [4.78, 5) is 0.215. The van der Waals surface area contributed by atoms with Crippen molar-refractivity contribution >= 4 is 15.7 Å². The minimum atomic E-state index is -3.64. The number of hydrogen-bond donors (Lipinski definition) is 1. The monoisotopic (exact) mass is 321 g/mol. The first-order chi connectivity index (χ1) is 10.4. The molecule has 118 valence electrons. The molecule has 0 saturated heterocycles. The van der Waals surface area contributed by atoms with Crippen molar-refractivity contribution in [2.75, 3.05) is 18.9 Å². The highest BCUT2D eigenvalue weighted by Crippen LogP contribution is 2.33. The summed E-state index contributed by atoms with van der Waals surface area (Å²) in [5.41, 5.74) is 2.20. The lowest BCUT2D eigenvalue weighted by Crippen LogP contribution is -2.14. The Balaban J connectivity index is 2.39. The summed E-state index contributed by atoms with van der Waals surface area (Å²) in [7, 11) is -0.603. The normalized spacial score (nSPS) is 11.1. The van der Waals surface area contributed by atoms with Gasteiger partial charge in [0.1, 0.15) is 0 Å². The van der Waals surface area contributed by atoms with Gasteiger partial charge in [-0.25, -0.2) is 8.42 Å². The topological polar surface area (TPSA) is 64.6 Å². The molecular formula is C16H19NO4S. The van der Waals surface area contributed by atoms with Crippen molar-refractivity contribution in [3.05, 3.63) is 47.5 Å². The van der Waals surface area contributed by atoms with Crippen LogP contribution in [0.4, 0.5) is 5.69 Å². The zero-order valence-corrected chi connectivity index (χ0v) is 13.8. The molecule has 0 fully saturated rings. The summed E-state index contributed by atoms with van der Waals surface area (Å²) in [6.07, 6.45) is 0. The summed E-state index contributed by atoms with van der Waals surface area (Å²) in [6, 6.07) is 10.0. The van der Waals surface area contributed by atoms with Crippen LogP contribution in [0.1, 0.15) is 11.1 Å². The van der Waals surface area contributed by atoms with Crippen LogP contribution >= 0.6 is 0 Å². The smallest absolute Gasteiger partial charge is 0.261 e. The van der Waals surface area contributed by atoms with Gasteiger partial charge in [-0.15, -0.1) is 0 Å². The van der Waals surface area contributed by atoms with Crippen LogP contribution in [0.2, 0.25) is 0 Å². The number of methoxy groups -OCH3 is 2. The molecule has 0 aliphatic rings. The third-order valence-electron chi connectivity index (χ3n) is 3.31. The zero-order chi connectivity index (χ0) is 16.3. The molecular weight excluding hydrogens is 302 g/mol. The van der Waals surface area contributed by atoms with E-state index in [1.165, 1.54) is 14.2 Å². The average molecular weight is 321 g/mol. The molecule has 0 heterocycles. The molecule has 0 spiro atoms. The third kappa shape index (κ3) is 3.33. The lowest BCUT2D eigenvalue weighted by molar-refractivity contribution is 0.355. The second kappa shape index (κ2) is 6.27. The van der Waals surface area contributed by atoms with E-state index in [1.807, 2.05) is 6.92 Å². The molecule has 0 aliphatic carbocycles. The van der Waals surface area contributed by atoms with E-state index in [1.54, 1.807) is 43.3 Å². The second-order valence-corrected chi connectivity index (χ2v) is 6.62. The van der Waals surface area contributed by atoms with Crippen LogP contribution in [0.3, 0.4) is 0 Å². The maximum absolute atomic E-state index is 12.4. The first kappa shape index (κ1) is 16.2. The zero-order valence-electron chi connectivity index (χ0n) is 13.0. The van der Waals surface area contributed by atoms with Gasteiger partial charge in [-0.2, -0.15) is 0 Å². The minimum Gasteiger partial charge on any atom is -0.493 e. The van der Waals surface area contributed by atoms with Gasteiger partial charge >= 0.3 is 0 Å². The fourth-order valence-corrected chi connectivity index (χ4v) is 3.13. The van der Waals surface area contributed by atoms with Crippen molar-refractivity contribution in [3.63, 3.8) is 0 Å². The highest BCUT2D eigenvalue weighted by molar-refractivity contribution is 7.92. The molecule has 5 nitrogen and oxygen atoms in total. The van der Waals surface area contributed by atoms with E-state index < -0.39 is 10.0 Å². The van der Waals surface area contributed by atoms with Crippen LogP contribution in [0.5, 0.6) is 11.5 Å². The maximum Gasteiger partial charge on any atom is 0.261 e. The Kier molecular flexibility index (Phi) is 4.61. The number of rotatable bonds is 5. The summed E-state index contributed by atoms with van der Waals surface area (Å²) in [6.45, 7) is 3.71. The Morgan fingerprint density at radius 2 is 1.45 bits per heavy atom. The van der Waals surface area contributed by atoms with E-state index in [-0.39, 0.29) is 4.90 Å². The van der Waals surface area contributed by atoms with Crippen molar-refractivity contribution in [2.45, 2.75) is 18.7 Å². The minimum absolute atomic E-state index is 0.215. The average Bonchev–Trinajstić information content (AvgIpc) is 2.49. The van der Waals surface area contributed by atoms with Gasteiger partial charge in [-0.05, 0) is 37.6 Å². The standard InChI is InChI=1S/C16H19NO4S/c1-11-5-7-13(8-6-11)22(18,19)17-14-10-16(21-4)15(20-3)9-12(14)2/h5-10,17H,1-4H3. The fraction of sp³-hybridized carbons (Fsp3) is 0.250. The Morgan fingerprint density at radius 1 is 0.909 bits per heavy atom. The predicted molar refractivity (Wildman–Crippen MR) is 86.3 cm³/mol. The quantitative estimate of drug-likeness (QED) is 0.919. The number of anilines is 1. The fourth-order valence-electron chi connectivity index (χ4n) is 2.01. The third-order valence-corrected chi connectivity index (χ3v) is 4.69. The summed E-state index contributed by atoms with van der Waals surface area (Å²) >= 11 is 0. The molecule has 0 amide bonds. The predicted octanol–water partition coefficient (Wildman–Crippen LogP) is 3.12. The number of hydrogen-bond acceptors (Lipinski definition) is 4. The summed E-state index contributed by atoms with van der Waals surface area (Å²) < 4.78 is 37.9. The molecule has 2 aromatic carbocycles. The molecule has 1 N–H and O–H groups in total. The first-order valence-corrected chi connectivity index (χ1v) is 8.18. The molecule has 6 heteroatoms. The van der Waals surface area contributed by atoms with E-state index in [0.717, 1.165) is 11.1 Å². The Bertz CT molecular complexity index is 767. The van der Waals surface area contributed by atoms with Crippen molar-refractivity contribution in [2.24, 2.45) is 0 Å².